The van der Waals surface area contributed by atoms with Gasteiger partial charge < -0.3 is 14.2 Å². The Balaban J connectivity index is 4.45. The number of hydrogen-bond donors (Lipinski definition) is 0. The predicted octanol–water partition coefficient (Wildman–Crippen LogP) is 14.3. The van der Waals surface area contributed by atoms with E-state index in [2.05, 4.69) is 93.7 Å². The molecule has 0 aromatic carbocycles. The number of carbonyl (C=O) groups excluding carboxylic acids is 3. The van der Waals surface area contributed by atoms with Gasteiger partial charge in [-0.3, -0.25) is 14.4 Å². The third-order valence-electron chi connectivity index (χ3n) is 9.16. The van der Waals surface area contributed by atoms with Gasteiger partial charge in [0, 0.05) is 19.3 Å². The average Bonchev–Trinajstić information content (AvgIpc) is 3.18. The van der Waals surface area contributed by atoms with Crippen LogP contribution in [0.3, 0.4) is 0 Å². The van der Waals surface area contributed by atoms with E-state index in [0.29, 0.717) is 19.3 Å². The van der Waals surface area contributed by atoms with Gasteiger partial charge in [-0.15, -0.1) is 0 Å². The lowest BCUT2D eigenvalue weighted by atomic mass is 10.1. The van der Waals surface area contributed by atoms with E-state index in [1.54, 1.807) is 0 Å². The van der Waals surface area contributed by atoms with Crippen LogP contribution in [0.5, 0.6) is 0 Å². The topological polar surface area (TPSA) is 78.9 Å². The maximum Gasteiger partial charge on any atom is 0.306 e. The van der Waals surface area contributed by atoms with Crippen LogP contribution in [0.15, 0.2) is 72.9 Å². The van der Waals surface area contributed by atoms with Crippen LogP contribution >= 0.6 is 0 Å². The van der Waals surface area contributed by atoms with E-state index in [1.807, 2.05) is 0 Å². The van der Waals surface area contributed by atoms with Gasteiger partial charge in [-0.2, -0.15) is 0 Å². The third-order valence-corrected chi connectivity index (χ3v) is 9.16. The number of allylic oxidation sites excluding steroid dienone is 12. The molecule has 0 aliphatic rings. The van der Waals surface area contributed by atoms with E-state index >= 15 is 0 Å². The summed E-state index contributed by atoms with van der Waals surface area (Å²) in [4.78, 5) is 37.7. The SMILES string of the molecule is CC/C=C\C/C=C\C/C=C\C/C=C\CCCCCC(=O)OCC(COC(=O)CCCCCC/C=C\CCCC)OC(=O)CCCCCCC/C=C\CCCC. The van der Waals surface area contributed by atoms with Crippen molar-refractivity contribution in [2.45, 2.75) is 207 Å². The molecule has 0 saturated carbocycles. The summed E-state index contributed by atoms with van der Waals surface area (Å²) in [5, 5.41) is 0. The van der Waals surface area contributed by atoms with Gasteiger partial charge in [-0.1, -0.05) is 158 Å². The minimum atomic E-state index is -0.794. The van der Waals surface area contributed by atoms with Crippen LogP contribution in [-0.4, -0.2) is 37.2 Å². The van der Waals surface area contributed by atoms with Gasteiger partial charge >= 0.3 is 17.9 Å². The molecule has 0 amide bonds. The Morgan fingerprint density at radius 2 is 0.709 bits per heavy atom. The van der Waals surface area contributed by atoms with Crippen molar-refractivity contribution in [2.24, 2.45) is 0 Å². The van der Waals surface area contributed by atoms with Crippen molar-refractivity contribution >= 4 is 17.9 Å². The molecule has 0 aliphatic carbocycles. The average molecular weight is 767 g/mol. The Bertz CT molecular complexity index is 1070. The second kappa shape index (κ2) is 43.6. The van der Waals surface area contributed by atoms with Crippen LogP contribution in [0.4, 0.5) is 0 Å². The lowest BCUT2D eigenvalue weighted by Crippen LogP contribution is -2.30. The van der Waals surface area contributed by atoms with Crippen molar-refractivity contribution < 1.29 is 28.6 Å². The highest BCUT2D eigenvalue weighted by Crippen LogP contribution is 2.12. The summed E-state index contributed by atoms with van der Waals surface area (Å²) in [6, 6.07) is 0. The van der Waals surface area contributed by atoms with Crippen molar-refractivity contribution in [1.29, 1.82) is 0 Å². The first-order valence-corrected chi connectivity index (χ1v) is 22.4. The number of hydrogen-bond acceptors (Lipinski definition) is 6. The highest BCUT2D eigenvalue weighted by atomic mass is 16.6. The summed E-state index contributed by atoms with van der Waals surface area (Å²) < 4.78 is 16.6. The van der Waals surface area contributed by atoms with Gasteiger partial charge in [0.25, 0.3) is 0 Å². The quantitative estimate of drug-likeness (QED) is 0.0268. The molecule has 0 rings (SSSR count). The first-order valence-electron chi connectivity index (χ1n) is 22.4. The number of carbonyl (C=O) groups is 3. The van der Waals surface area contributed by atoms with Crippen LogP contribution in [0, 0.1) is 0 Å². The fourth-order valence-corrected chi connectivity index (χ4v) is 5.75. The molecule has 55 heavy (non-hydrogen) atoms. The predicted molar refractivity (Wildman–Crippen MR) is 233 cm³/mol. The van der Waals surface area contributed by atoms with E-state index < -0.39 is 6.10 Å². The summed E-state index contributed by atoms with van der Waals surface area (Å²) in [6.07, 6.45) is 53.1. The van der Waals surface area contributed by atoms with Crippen molar-refractivity contribution in [2.75, 3.05) is 13.2 Å². The van der Waals surface area contributed by atoms with E-state index in [0.717, 1.165) is 122 Å². The molecule has 6 heteroatoms. The third kappa shape index (κ3) is 41.8. The van der Waals surface area contributed by atoms with Crippen molar-refractivity contribution in [1.82, 2.24) is 0 Å². The van der Waals surface area contributed by atoms with Gasteiger partial charge in [0.2, 0.25) is 0 Å². The summed E-state index contributed by atoms with van der Waals surface area (Å²) in [7, 11) is 0. The maximum atomic E-state index is 12.7. The number of rotatable bonds is 39. The molecule has 0 N–H and O–H groups in total. The van der Waals surface area contributed by atoms with E-state index in [-0.39, 0.29) is 31.1 Å². The number of ether oxygens (including phenoxy) is 3. The Morgan fingerprint density at radius 1 is 0.382 bits per heavy atom. The van der Waals surface area contributed by atoms with E-state index in [1.165, 1.54) is 38.5 Å². The zero-order valence-corrected chi connectivity index (χ0v) is 35.7. The summed E-state index contributed by atoms with van der Waals surface area (Å²) >= 11 is 0. The molecule has 0 bridgehead atoms. The molecule has 6 nitrogen and oxygen atoms in total. The summed E-state index contributed by atoms with van der Waals surface area (Å²) in [6.45, 7) is 6.37. The maximum absolute atomic E-state index is 12.7. The minimum Gasteiger partial charge on any atom is -0.462 e. The summed E-state index contributed by atoms with van der Waals surface area (Å²) in [5.41, 5.74) is 0. The Morgan fingerprint density at radius 3 is 1.15 bits per heavy atom. The fourth-order valence-electron chi connectivity index (χ4n) is 5.75. The Labute approximate surface area is 338 Å². The molecule has 314 valence electrons. The highest BCUT2D eigenvalue weighted by Gasteiger charge is 2.19. The van der Waals surface area contributed by atoms with Gasteiger partial charge in [0.05, 0.1) is 0 Å². The van der Waals surface area contributed by atoms with E-state index in [9.17, 15) is 14.4 Å². The molecule has 0 heterocycles. The molecule has 0 aliphatic heterocycles. The first-order chi connectivity index (χ1) is 27.0. The largest absolute Gasteiger partial charge is 0.462 e. The lowest BCUT2D eigenvalue weighted by Gasteiger charge is -2.18. The first kappa shape index (κ1) is 51.9. The van der Waals surface area contributed by atoms with Crippen molar-refractivity contribution in [3.63, 3.8) is 0 Å². The lowest BCUT2D eigenvalue weighted by molar-refractivity contribution is -0.167. The molecule has 0 aromatic rings. The normalized spacial score (nSPS) is 12.7. The molecule has 1 atom stereocenters. The second-order valence-electron chi connectivity index (χ2n) is 14.6. The van der Waals surface area contributed by atoms with Crippen LogP contribution in [0.2, 0.25) is 0 Å². The monoisotopic (exact) mass is 767 g/mol. The van der Waals surface area contributed by atoms with Gasteiger partial charge in [0.1, 0.15) is 13.2 Å². The van der Waals surface area contributed by atoms with Gasteiger partial charge in [-0.05, 0) is 96.3 Å². The molecule has 0 fully saturated rings. The molecule has 0 radical (unpaired) electrons. The zero-order valence-electron chi connectivity index (χ0n) is 35.7. The molecule has 0 aromatic heterocycles. The molecular weight excluding hydrogens is 685 g/mol. The Hall–Kier alpha value is -3.15. The minimum absolute atomic E-state index is 0.0962. The summed E-state index contributed by atoms with van der Waals surface area (Å²) in [5.74, 6) is -0.959. The number of unbranched alkanes of at least 4 members (excludes halogenated alkanes) is 16. The Kier molecular flexibility index (Phi) is 41.1. The van der Waals surface area contributed by atoms with Crippen LogP contribution in [0.1, 0.15) is 201 Å². The molecule has 1 unspecified atom stereocenters. The fraction of sp³-hybridized carbons (Fsp3) is 0.694. The van der Waals surface area contributed by atoms with Crippen LogP contribution in [0.25, 0.3) is 0 Å². The number of esters is 3. The zero-order chi connectivity index (χ0) is 40.1. The standard InChI is InChI=1S/C49H82O6/c1-4-7-10-13-16-19-22-23-24-25-26-28-30-33-36-39-42-48(51)54-45-46(44-53-47(50)41-38-35-32-29-21-18-15-12-9-6-3)55-49(52)43-40-37-34-31-27-20-17-14-11-8-5-2/h7,10,14-19,23-24,26,28,46H,4-6,8-9,11-13,20-22,25,27,29-45H2,1-3H3/b10-7-,17-14-,18-15-,19-16-,24-23-,28-26-. The molecule has 0 saturated heterocycles. The molecular formula is C49H82O6. The van der Waals surface area contributed by atoms with Crippen molar-refractivity contribution in [3.8, 4) is 0 Å². The highest BCUT2D eigenvalue weighted by molar-refractivity contribution is 5.71. The van der Waals surface area contributed by atoms with Gasteiger partial charge in [-0.25, -0.2) is 0 Å². The van der Waals surface area contributed by atoms with Gasteiger partial charge in [0.15, 0.2) is 6.10 Å². The van der Waals surface area contributed by atoms with Crippen LogP contribution in [-0.2, 0) is 28.6 Å². The molecule has 0 spiro atoms. The van der Waals surface area contributed by atoms with Crippen molar-refractivity contribution in [3.05, 3.63) is 72.9 Å². The second-order valence-corrected chi connectivity index (χ2v) is 14.6. The smallest absolute Gasteiger partial charge is 0.306 e. The van der Waals surface area contributed by atoms with E-state index in [4.69, 9.17) is 14.2 Å². The van der Waals surface area contributed by atoms with Crippen LogP contribution < -0.4 is 0 Å².